The maximum absolute atomic E-state index is 14.1. The van der Waals surface area contributed by atoms with Crippen LogP contribution in [-0.2, 0) is 10.0 Å². The van der Waals surface area contributed by atoms with Crippen LogP contribution in [0.1, 0.15) is 5.56 Å². The number of nitrogens with one attached hydrogen (secondary N) is 2. The molecular weight excluding hydrogens is 403 g/mol. The van der Waals surface area contributed by atoms with E-state index in [1.165, 1.54) is 25.4 Å². The molecule has 2 N–H and O–H groups in total. The maximum Gasteiger partial charge on any atom is 0.335 e. The smallest absolute Gasteiger partial charge is 0.335 e. The van der Waals surface area contributed by atoms with Gasteiger partial charge in [-0.25, -0.2) is 14.5 Å². The first-order valence-electron chi connectivity index (χ1n) is 7.26. The molecule has 0 aliphatic rings. The lowest BCUT2D eigenvalue weighted by Gasteiger charge is -2.09. The van der Waals surface area contributed by atoms with Gasteiger partial charge in [0.1, 0.15) is 10.8 Å². The lowest BCUT2D eigenvalue weighted by Crippen LogP contribution is -2.36. The number of sulfonamides is 1. The van der Waals surface area contributed by atoms with E-state index in [1.807, 2.05) is 0 Å². The van der Waals surface area contributed by atoms with Crippen LogP contribution in [0.2, 0.25) is 5.15 Å². The molecule has 2 amide bonds. The van der Waals surface area contributed by atoms with Crippen LogP contribution in [0.25, 0.3) is 5.65 Å². The van der Waals surface area contributed by atoms with E-state index in [4.69, 9.17) is 16.3 Å². The molecule has 3 rings (SSSR count). The fourth-order valence-corrected chi connectivity index (χ4v) is 3.43. The van der Waals surface area contributed by atoms with Crippen molar-refractivity contribution in [2.75, 3.05) is 12.4 Å². The number of nitrogens with zero attached hydrogens (tertiary/aromatic N) is 4. The van der Waals surface area contributed by atoms with Crippen molar-refractivity contribution in [2.45, 2.75) is 11.9 Å². The summed E-state index contributed by atoms with van der Waals surface area (Å²) in [4.78, 5) is 23.1. The number of rotatable bonds is 4. The second-order valence-electron chi connectivity index (χ2n) is 5.26. The number of halogens is 2. The number of aromatic nitrogens is 4. The van der Waals surface area contributed by atoms with Crippen molar-refractivity contribution >= 4 is 39.3 Å². The van der Waals surface area contributed by atoms with E-state index in [-0.39, 0.29) is 22.6 Å². The van der Waals surface area contributed by atoms with Gasteiger partial charge in [-0.2, -0.15) is 22.8 Å². The molecule has 0 saturated carbocycles. The van der Waals surface area contributed by atoms with Crippen molar-refractivity contribution in [3.63, 3.8) is 0 Å². The zero-order chi connectivity index (χ0) is 19.8. The highest BCUT2D eigenvalue weighted by Gasteiger charge is 2.28. The van der Waals surface area contributed by atoms with Crippen LogP contribution in [0.15, 0.2) is 29.4 Å². The van der Waals surface area contributed by atoms with Gasteiger partial charge in [0.2, 0.25) is 16.9 Å². The van der Waals surface area contributed by atoms with Crippen LogP contribution in [-0.4, -0.2) is 40.9 Å². The Morgan fingerprint density at radius 1 is 1.30 bits per heavy atom. The molecule has 0 aliphatic carbocycles. The maximum atomic E-state index is 14.1. The monoisotopic (exact) mass is 414 g/mol. The van der Waals surface area contributed by atoms with Crippen LogP contribution in [0, 0.1) is 12.9 Å². The van der Waals surface area contributed by atoms with Crippen molar-refractivity contribution < 1.29 is 22.3 Å². The molecule has 0 atom stereocenters. The van der Waals surface area contributed by atoms with Gasteiger partial charge in [0, 0.05) is 12.3 Å². The first-order valence-corrected chi connectivity index (χ1v) is 9.12. The predicted octanol–water partition coefficient (Wildman–Crippen LogP) is 1.74. The van der Waals surface area contributed by atoms with Crippen LogP contribution in [0.4, 0.5) is 15.1 Å². The Morgan fingerprint density at radius 2 is 2.04 bits per heavy atom. The second-order valence-corrected chi connectivity index (χ2v) is 7.24. The van der Waals surface area contributed by atoms with Crippen molar-refractivity contribution in [2.24, 2.45) is 0 Å². The molecule has 10 nitrogen and oxygen atoms in total. The highest BCUT2D eigenvalue weighted by Crippen LogP contribution is 2.18. The molecule has 142 valence electrons. The minimum absolute atomic E-state index is 0.0386. The van der Waals surface area contributed by atoms with Gasteiger partial charge in [-0.15, -0.1) is 0 Å². The highest BCUT2D eigenvalue weighted by atomic mass is 35.5. The lowest BCUT2D eigenvalue weighted by atomic mass is 10.3. The fourth-order valence-electron chi connectivity index (χ4n) is 2.20. The molecule has 0 aromatic carbocycles. The van der Waals surface area contributed by atoms with E-state index in [1.54, 1.807) is 17.7 Å². The van der Waals surface area contributed by atoms with Gasteiger partial charge in [-0.05, 0) is 18.6 Å². The molecule has 3 heterocycles. The quantitative estimate of drug-likeness (QED) is 0.622. The number of ether oxygens (including phenoxy) is 1. The van der Waals surface area contributed by atoms with E-state index in [9.17, 15) is 17.6 Å². The summed E-state index contributed by atoms with van der Waals surface area (Å²) in [5.41, 5.74) is 0.738. The number of aryl methyl sites for hydroxylation is 1. The molecule has 0 radical (unpaired) electrons. The number of anilines is 1. The number of methoxy groups -OCH3 is 1. The number of hydrogen-bond donors (Lipinski definition) is 2. The minimum Gasteiger partial charge on any atom is -0.481 e. The van der Waals surface area contributed by atoms with Gasteiger partial charge in [0.05, 0.1) is 7.11 Å². The van der Waals surface area contributed by atoms with E-state index < -0.39 is 27.0 Å². The zero-order valence-electron chi connectivity index (χ0n) is 13.9. The summed E-state index contributed by atoms with van der Waals surface area (Å²) in [6.07, 6.45) is 1.38. The SMILES string of the molecule is COc1cc(Cl)nc(NC(=O)NS(=O)(=O)c2c(F)nc3ccc(C)cn23)n1. The number of hydrogen-bond acceptors (Lipinski definition) is 7. The molecule has 13 heteroatoms. The summed E-state index contributed by atoms with van der Waals surface area (Å²) in [7, 11) is -3.27. The Balaban J connectivity index is 1.89. The molecule has 0 aliphatic heterocycles. The van der Waals surface area contributed by atoms with Gasteiger partial charge >= 0.3 is 6.03 Å². The molecule has 0 saturated heterocycles. The Bertz CT molecular complexity index is 1150. The molecule has 3 aromatic rings. The average Bonchev–Trinajstić information content (AvgIpc) is 2.89. The number of urea groups is 1. The zero-order valence-corrected chi connectivity index (χ0v) is 15.5. The van der Waals surface area contributed by atoms with Gasteiger partial charge in [-0.3, -0.25) is 9.72 Å². The summed E-state index contributed by atoms with van der Waals surface area (Å²) in [5.74, 6) is -1.50. The van der Waals surface area contributed by atoms with Crippen LogP contribution in [0.5, 0.6) is 5.88 Å². The average molecular weight is 415 g/mol. The van der Waals surface area contributed by atoms with Gasteiger partial charge in [0.25, 0.3) is 16.0 Å². The Morgan fingerprint density at radius 3 is 2.74 bits per heavy atom. The first-order chi connectivity index (χ1) is 12.7. The van der Waals surface area contributed by atoms with Gasteiger partial charge in [0.15, 0.2) is 0 Å². The number of amides is 2. The van der Waals surface area contributed by atoms with E-state index in [0.717, 1.165) is 4.40 Å². The van der Waals surface area contributed by atoms with Gasteiger partial charge in [-0.1, -0.05) is 17.7 Å². The number of pyridine rings is 1. The molecular formula is C14H12ClFN6O4S. The predicted molar refractivity (Wildman–Crippen MR) is 92.8 cm³/mol. The number of carbonyl (C=O) groups excluding carboxylic acids is 1. The Labute approximate surface area is 157 Å². The summed E-state index contributed by atoms with van der Waals surface area (Å²) in [5, 5.41) is 1.24. The van der Waals surface area contributed by atoms with Crippen molar-refractivity contribution in [1.82, 2.24) is 24.1 Å². The Kier molecular flexibility index (Phi) is 4.85. The van der Waals surface area contributed by atoms with E-state index in [2.05, 4.69) is 20.3 Å². The summed E-state index contributed by atoms with van der Waals surface area (Å²) >= 11 is 5.75. The van der Waals surface area contributed by atoms with Crippen LogP contribution >= 0.6 is 11.6 Å². The lowest BCUT2D eigenvalue weighted by molar-refractivity contribution is 0.256. The number of carbonyl (C=O) groups is 1. The number of fused-ring (bicyclic) bond motifs is 1. The van der Waals surface area contributed by atoms with Gasteiger partial charge < -0.3 is 4.74 Å². The second kappa shape index (κ2) is 6.96. The minimum atomic E-state index is -4.59. The largest absolute Gasteiger partial charge is 0.481 e. The third-order valence-corrected chi connectivity index (χ3v) is 4.79. The van der Waals surface area contributed by atoms with Crippen molar-refractivity contribution in [3.8, 4) is 5.88 Å². The summed E-state index contributed by atoms with van der Waals surface area (Å²) < 4.78 is 46.6. The third-order valence-electron chi connectivity index (χ3n) is 3.27. The molecule has 0 spiro atoms. The molecule has 0 bridgehead atoms. The van der Waals surface area contributed by atoms with E-state index in [0.29, 0.717) is 5.56 Å². The normalized spacial score (nSPS) is 11.4. The van der Waals surface area contributed by atoms with Crippen molar-refractivity contribution in [1.29, 1.82) is 0 Å². The Hall–Kier alpha value is -2.99. The van der Waals surface area contributed by atoms with Crippen LogP contribution < -0.4 is 14.8 Å². The summed E-state index contributed by atoms with van der Waals surface area (Å²) in [6.45, 7) is 1.69. The van der Waals surface area contributed by atoms with Crippen LogP contribution in [0.3, 0.4) is 0 Å². The topological polar surface area (TPSA) is 128 Å². The van der Waals surface area contributed by atoms with Crippen molar-refractivity contribution in [3.05, 3.63) is 41.1 Å². The van der Waals surface area contributed by atoms with E-state index >= 15 is 0 Å². The molecule has 3 aromatic heterocycles. The third kappa shape index (κ3) is 3.90. The standard InChI is InChI=1S/C14H12ClFN6O4S/c1-7-3-4-9-18-11(16)12(22(9)6-7)27(24,25)21-14(23)20-13-17-8(15)5-10(19-13)26-2/h3-6H,1-2H3,(H2,17,19,20,21,23). The molecule has 0 fully saturated rings. The molecule has 0 unspecified atom stereocenters. The summed E-state index contributed by atoms with van der Waals surface area (Å²) in [6, 6.07) is 3.16. The fraction of sp³-hybridized carbons (Fsp3) is 0.143. The molecule has 27 heavy (non-hydrogen) atoms. The first kappa shape index (κ1) is 18.8. The highest BCUT2D eigenvalue weighted by molar-refractivity contribution is 7.90. The number of imidazole rings is 1.